The number of carbonyl (C=O) groups excluding carboxylic acids is 2. The van der Waals surface area contributed by atoms with Crippen LogP contribution in [0.1, 0.15) is 5.56 Å². The van der Waals surface area contributed by atoms with Gasteiger partial charge in [-0.1, -0.05) is 24.3 Å². The lowest BCUT2D eigenvalue weighted by molar-refractivity contribution is -0.136. The molecule has 0 heterocycles. The van der Waals surface area contributed by atoms with Crippen LogP contribution in [0.3, 0.4) is 0 Å². The van der Waals surface area contributed by atoms with Gasteiger partial charge < -0.3 is 20.8 Å². The van der Waals surface area contributed by atoms with Crippen molar-refractivity contribution >= 4 is 17.5 Å². The third kappa shape index (κ3) is 4.24. The first-order valence-electron chi connectivity index (χ1n) is 6.71. The van der Waals surface area contributed by atoms with Gasteiger partial charge in [-0.2, -0.15) is 0 Å². The minimum atomic E-state index is -0.841. The summed E-state index contributed by atoms with van der Waals surface area (Å²) in [4.78, 5) is 23.3. The first kappa shape index (κ1) is 15.4. The van der Waals surface area contributed by atoms with Crippen LogP contribution in [0.5, 0.6) is 11.5 Å². The van der Waals surface area contributed by atoms with Gasteiger partial charge in [0.15, 0.2) is 0 Å². The molecule has 2 aromatic rings. The predicted octanol–water partition coefficient (Wildman–Crippen LogP) is 1.40. The molecule has 2 amide bonds. The molecule has 0 aliphatic heterocycles. The van der Waals surface area contributed by atoms with Gasteiger partial charge in [-0.05, 0) is 36.2 Å². The fraction of sp³-hybridized carbons (Fsp3) is 0.125. The molecule has 2 aromatic carbocycles. The van der Waals surface area contributed by atoms with Gasteiger partial charge in [0.05, 0.1) is 5.69 Å². The molecule has 0 saturated carbocycles. The molecule has 0 radical (unpaired) electrons. The molecule has 0 atom stereocenters. The highest BCUT2D eigenvalue weighted by atomic mass is 16.3. The van der Waals surface area contributed by atoms with Crippen molar-refractivity contribution in [2.75, 3.05) is 11.9 Å². The van der Waals surface area contributed by atoms with Gasteiger partial charge in [-0.15, -0.1) is 0 Å². The Kier molecular flexibility index (Phi) is 4.98. The summed E-state index contributed by atoms with van der Waals surface area (Å²) in [5.41, 5.74) is 1.11. The summed E-state index contributed by atoms with van der Waals surface area (Å²) in [7, 11) is 0. The lowest BCUT2D eigenvalue weighted by Crippen LogP contribution is -2.36. The van der Waals surface area contributed by atoms with Crippen LogP contribution < -0.4 is 10.6 Å². The van der Waals surface area contributed by atoms with Gasteiger partial charge in [0.1, 0.15) is 11.5 Å². The third-order valence-electron chi connectivity index (χ3n) is 2.99. The Labute approximate surface area is 127 Å². The molecule has 0 aliphatic carbocycles. The number of carbonyl (C=O) groups is 2. The Morgan fingerprint density at radius 3 is 2.27 bits per heavy atom. The van der Waals surface area contributed by atoms with Gasteiger partial charge in [0.2, 0.25) is 0 Å². The number of hydrogen-bond donors (Lipinski definition) is 4. The van der Waals surface area contributed by atoms with Crippen LogP contribution in [0.15, 0.2) is 48.5 Å². The number of para-hydroxylation sites is 2. The molecule has 0 spiro atoms. The number of hydrogen-bond acceptors (Lipinski definition) is 4. The highest BCUT2D eigenvalue weighted by Gasteiger charge is 2.14. The molecule has 6 nitrogen and oxygen atoms in total. The average Bonchev–Trinajstić information content (AvgIpc) is 2.51. The summed E-state index contributed by atoms with van der Waals surface area (Å²) in [5.74, 6) is -1.54. The standard InChI is InChI=1S/C16H16N2O4/c19-12-7-5-11(6-8-12)9-10-17-15(21)16(22)18-13-3-1-2-4-14(13)20/h1-8,19-20H,9-10H2,(H,17,21)(H,18,22). The minimum absolute atomic E-state index is 0.104. The number of aromatic hydroxyl groups is 2. The molecule has 2 rings (SSSR count). The van der Waals surface area contributed by atoms with Crippen molar-refractivity contribution in [2.24, 2.45) is 0 Å². The first-order valence-corrected chi connectivity index (χ1v) is 6.71. The van der Waals surface area contributed by atoms with Gasteiger partial charge in [-0.25, -0.2) is 0 Å². The molecule has 0 fully saturated rings. The molecule has 0 unspecified atom stereocenters. The highest BCUT2D eigenvalue weighted by Crippen LogP contribution is 2.21. The number of nitrogens with one attached hydrogen (secondary N) is 2. The second-order valence-corrected chi connectivity index (χ2v) is 4.64. The van der Waals surface area contributed by atoms with E-state index in [-0.39, 0.29) is 23.7 Å². The Bertz CT molecular complexity index is 668. The van der Waals surface area contributed by atoms with Crippen LogP contribution in [0.4, 0.5) is 5.69 Å². The zero-order chi connectivity index (χ0) is 15.9. The van der Waals surface area contributed by atoms with Crippen LogP contribution in [-0.2, 0) is 16.0 Å². The minimum Gasteiger partial charge on any atom is -0.508 e. The molecule has 0 aliphatic rings. The predicted molar refractivity (Wildman–Crippen MR) is 81.6 cm³/mol. The Balaban J connectivity index is 1.80. The van der Waals surface area contributed by atoms with Crippen molar-refractivity contribution in [1.29, 1.82) is 0 Å². The fourth-order valence-corrected chi connectivity index (χ4v) is 1.82. The molecule has 6 heteroatoms. The Hall–Kier alpha value is -3.02. The topological polar surface area (TPSA) is 98.7 Å². The van der Waals surface area contributed by atoms with Crippen LogP contribution in [0.25, 0.3) is 0 Å². The van der Waals surface area contributed by atoms with E-state index < -0.39 is 11.8 Å². The highest BCUT2D eigenvalue weighted by molar-refractivity contribution is 6.39. The third-order valence-corrected chi connectivity index (χ3v) is 2.99. The van der Waals surface area contributed by atoms with Crippen LogP contribution in [0, 0.1) is 0 Å². The van der Waals surface area contributed by atoms with Crippen molar-refractivity contribution in [3.63, 3.8) is 0 Å². The summed E-state index contributed by atoms with van der Waals surface area (Å²) >= 11 is 0. The molecule has 0 saturated heterocycles. The van der Waals surface area contributed by atoms with E-state index in [1.54, 1.807) is 36.4 Å². The molecule has 4 N–H and O–H groups in total. The van der Waals surface area contributed by atoms with E-state index in [0.29, 0.717) is 6.42 Å². The lowest BCUT2D eigenvalue weighted by atomic mass is 10.1. The summed E-state index contributed by atoms with van der Waals surface area (Å²) in [6.07, 6.45) is 0.538. The van der Waals surface area contributed by atoms with E-state index in [4.69, 9.17) is 5.11 Å². The lowest BCUT2D eigenvalue weighted by Gasteiger charge is -2.08. The molecular weight excluding hydrogens is 284 g/mol. The second-order valence-electron chi connectivity index (χ2n) is 4.64. The Morgan fingerprint density at radius 2 is 1.59 bits per heavy atom. The van der Waals surface area contributed by atoms with Gasteiger partial charge in [0, 0.05) is 6.54 Å². The van der Waals surface area contributed by atoms with Crippen molar-refractivity contribution in [3.8, 4) is 11.5 Å². The maximum absolute atomic E-state index is 11.7. The van der Waals surface area contributed by atoms with E-state index in [0.717, 1.165) is 5.56 Å². The van der Waals surface area contributed by atoms with E-state index in [2.05, 4.69) is 10.6 Å². The van der Waals surface area contributed by atoms with Crippen molar-refractivity contribution < 1.29 is 19.8 Å². The number of benzene rings is 2. The Morgan fingerprint density at radius 1 is 0.909 bits per heavy atom. The maximum Gasteiger partial charge on any atom is 0.313 e. The first-order chi connectivity index (χ1) is 10.6. The largest absolute Gasteiger partial charge is 0.508 e. The second kappa shape index (κ2) is 7.12. The SMILES string of the molecule is O=C(NCCc1ccc(O)cc1)C(=O)Nc1ccccc1O. The summed E-state index contributed by atoms with van der Waals surface area (Å²) in [5, 5.41) is 23.5. The molecule has 0 bridgehead atoms. The number of phenols is 2. The summed E-state index contributed by atoms with van der Waals surface area (Å²) in [6.45, 7) is 0.289. The zero-order valence-corrected chi connectivity index (χ0v) is 11.7. The van der Waals surface area contributed by atoms with Crippen LogP contribution in [0.2, 0.25) is 0 Å². The van der Waals surface area contributed by atoms with Crippen LogP contribution >= 0.6 is 0 Å². The molecular formula is C16H16N2O4. The molecule has 114 valence electrons. The smallest absolute Gasteiger partial charge is 0.313 e. The average molecular weight is 300 g/mol. The quantitative estimate of drug-likeness (QED) is 0.506. The fourth-order valence-electron chi connectivity index (χ4n) is 1.82. The van der Waals surface area contributed by atoms with Crippen molar-refractivity contribution in [1.82, 2.24) is 5.32 Å². The van der Waals surface area contributed by atoms with Crippen molar-refractivity contribution in [3.05, 3.63) is 54.1 Å². The summed E-state index contributed by atoms with van der Waals surface area (Å²) < 4.78 is 0. The molecule has 0 aromatic heterocycles. The number of rotatable bonds is 4. The van der Waals surface area contributed by atoms with E-state index in [1.807, 2.05) is 0 Å². The van der Waals surface area contributed by atoms with Crippen molar-refractivity contribution in [2.45, 2.75) is 6.42 Å². The number of amides is 2. The molecule has 22 heavy (non-hydrogen) atoms. The van der Waals surface area contributed by atoms with E-state index >= 15 is 0 Å². The van der Waals surface area contributed by atoms with E-state index in [1.165, 1.54) is 12.1 Å². The normalized spacial score (nSPS) is 10.0. The van der Waals surface area contributed by atoms with Gasteiger partial charge in [-0.3, -0.25) is 9.59 Å². The van der Waals surface area contributed by atoms with Gasteiger partial charge in [0.25, 0.3) is 0 Å². The van der Waals surface area contributed by atoms with Gasteiger partial charge >= 0.3 is 11.8 Å². The maximum atomic E-state index is 11.7. The number of anilines is 1. The van der Waals surface area contributed by atoms with Crippen LogP contribution in [-0.4, -0.2) is 28.6 Å². The van der Waals surface area contributed by atoms with E-state index in [9.17, 15) is 14.7 Å². The summed E-state index contributed by atoms with van der Waals surface area (Å²) in [6, 6.07) is 12.8. The monoisotopic (exact) mass is 300 g/mol. The zero-order valence-electron chi connectivity index (χ0n) is 11.7. The number of phenolic OH excluding ortho intramolecular Hbond substituents is 2.